The molecule has 4 atom stereocenters. The summed E-state index contributed by atoms with van der Waals surface area (Å²) in [5.41, 5.74) is 2.12. The molecule has 3 aromatic carbocycles. The highest BCUT2D eigenvalue weighted by atomic mass is 35.5. The number of halogens is 2. The van der Waals surface area contributed by atoms with Gasteiger partial charge in [0.2, 0.25) is 8.41 Å². The summed E-state index contributed by atoms with van der Waals surface area (Å²) in [4.78, 5) is 29.6. The molecule has 4 heterocycles. The number of aryl methyl sites for hydroxylation is 1. The molecule has 244 valence electrons. The Morgan fingerprint density at radius 1 is 1.11 bits per heavy atom. The molecule has 2 N–H and O–H groups in total. The Kier molecular flexibility index (Phi) is 7.94. The van der Waals surface area contributed by atoms with E-state index in [1.807, 2.05) is 55.5 Å². The van der Waals surface area contributed by atoms with Crippen molar-refractivity contribution in [2.24, 2.45) is 5.92 Å². The van der Waals surface area contributed by atoms with Crippen molar-refractivity contribution < 1.29 is 18.7 Å². The lowest BCUT2D eigenvalue weighted by Gasteiger charge is -2.31. The van der Waals surface area contributed by atoms with Crippen LogP contribution in [0.4, 0.5) is 9.80 Å². The van der Waals surface area contributed by atoms with Crippen molar-refractivity contribution in [3.8, 4) is 5.69 Å². The topological polar surface area (TPSA) is 118 Å². The van der Waals surface area contributed by atoms with Crippen LogP contribution in [0.1, 0.15) is 30.2 Å². The zero-order chi connectivity index (χ0) is 33.1. The number of hydrogen-bond donors (Lipinski definition) is 2. The van der Waals surface area contributed by atoms with Gasteiger partial charge in [-0.05, 0) is 67.5 Å². The molecule has 1 spiro atoms. The number of H-pyrrole nitrogens is 1. The van der Waals surface area contributed by atoms with E-state index in [1.165, 1.54) is 4.68 Å². The summed E-state index contributed by atoms with van der Waals surface area (Å²) >= 11 is 6.53. The molecule has 0 unspecified atom stereocenters. The number of rotatable bonds is 9. The molecule has 2 aliphatic rings. The van der Waals surface area contributed by atoms with Crippen molar-refractivity contribution in [3.63, 3.8) is 0 Å². The predicted molar refractivity (Wildman–Crippen MR) is 180 cm³/mol. The van der Waals surface area contributed by atoms with Gasteiger partial charge in [0.1, 0.15) is 0 Å². The molecule has 5 aromatic rings. The highest BCUT2D eigenvalue weighted by molar-refractivity contribution is 6.72. The second kappa shape index (κ2) is 11.9. The molecule has 0 radical (unpaired) electrons. The van der Waals surface area contributed by atoms with Crippen LogP contribution in [0.15, 0.2) is 77.7 Å². The average molecular weight is 675 g/mol. The summed E-state index contributed by atoms with van der Waals surface area (Å²) < 4.78 is 26.2. The number of para-hydroxylation sites is 1. The lowest BCUT2D eigenvalue weighted by Crippen LogP contribution is -2.45. The molecule has 1 saturated heterocycles. The molecule has 7 rings (SSSR count). The van der Waals surface area contributed by atoms with Crippen molar-refractivity contribution in [2.45, 2.75) is 63.2 Å². The van der Waals surface area contributed by atoms with Crippen molar-refractivity contribution in [2.75, 3.05) is 11.5 Å². The van der Waals surface area contributed by atoms with E-state index in [2.05, 4.69) is 15.4 Å². The number of amides is 1. The van der Waals surface area contributed by atoms with Crippen LogP contribution in [0.2, 0.25) is 23.7 Å². The highest BCUT2D eigenvalue weighted by Gasteiger charge is 2.66. The Morgan fingerprint density at radius 2 is 1.91 bits per heavy atom. The molecule has 10 nitrogen and oxygen atoms in total. The molecule has 13 heteroatoms. The van der Waals surface area contributed by atoms with E-state index in [9.17, 15) is 14.7 Å². The van der Waals surface area contributed by atoms with Crippen molar-refractivity contribution in [1.82, 2.24) is 24.8 Å². The quantitative estimate of drug-likeness (QED) is 0.157. The average Bonchev–Trinajstić information content (AvgIpc) is 3.77. The number of benzene rings is 3. The fourth-order valence-corrected chi connectivity index (χ4v) is 10.3. The number of aliphatic hydroxyl groups is 1. The maximum Gasteiger partial charge on any atom is 0.279 e. The smallest absolute Gasteiger partial charge is 0.279 e. The summed E-state index contributed by atoms with van der Waals surface area (Å²) in [5, 5.41) is 21.7. The third-order valence-corrected chi connectivity index (χ3v) is 12.3. The Balaban J connectivity index is 1.22. The van der Waals surface area contributed by atoms with Crippen LogP contribution in [-0.2, 0) is 34.6 Å². The molecule has 2 aliphatic heterocycles. The number of fused-ring (bicyclic) bond motifs is 3. The van der Waals surface area contributed by atoms with Crippen LogP contribution in [0, 0.1) is 5.92 Å². The van der Waals surface area contributed by atoms with Crippen LogP contribution < -0.4 is 10.5 Å². The van der Waals surface area contributed by atoms with Crippen molar-refractivity contribution >= 4 is 42.5 Å². The number of carbonyl (C=O) groups excluding carboxylic acids is 1. The minimum Gasteiger partial charge on any atom is -0.396 e. The molecule has 0 saturated carbocycles. The second-order valence-corrected chi connectivity index (χ2v) is 17.3. The Bertz CT molecular complexity index is 2040. The van der Waals surface area contributed by atoms with Crippen LogP contribution >= 0.6 is 11.6 Å². The van der Waals surface area contributed by atoms with Gasteiger partial charge in [-0.15, -0.1) is 5.10 Å². The standard InChI is InChI=1S/C34H36ClFN6O4Si/c1-21-31(47(2,3)36)30(13-15-40-20-24(14-16-43)37-39-40)46-34(21)27-18-23(35)11-12-29(27)41(33(34)45)19-22-7-6-8-25(17-22)42-32(44)26-9-4-5-10-28(26)38-42/h4-12,17-18,20-21,30-31,38,43H,13-16,19H2,1-3H3/t21-,30+,31-,34+/m0/s1. The molecular formula is C34H36ClFN6O4Si. The molecule has 1 amide bonds. The van der Waals surface area contributed by atoms with Gasteiger partial charge in [-0.25, -0.2) is 4.68 Å². The lowest BCUT2D eigenvalue weighted by molar-refractivity contribution is -0.146. The van der Waals surface area contributed by atoms with Gasteiger partial charge < -0.3 is 18.9 Å². The number of carbonyl (C=O) groups is 1. The number of aromatic nitrogens is 5. The summed E-state index contributed by atoms with van der Waals surface area (Å²) in [6.45, 7) is 5.88. The van der Waals surface area contributed by atoms with Gasteiger partial charge in [0.25, 0.3) is 11.5 Å². The predicted octanol–water partition coefficient (Wildman–Crippen LogP) is 5.51. The van der Waals surface area contributed by atoms with Crippen LogP contribution in [0.3, 0.4) is 0 Å². The number of hydrogen-bond acceptors (Lipinski definition) is 6. The zero-order valence-corrected chi connectivity index (χ0v) is 28.1. The second-order valence-electron chi connectivity index (χ2n) is 13.0. The lowest BCUT2D eigenvalue weighted by atomic mass is 9.82. The Morgan fingerprint density at radius 3 is 2.68 bits per heavy atom. The monoisotopic (exact) mass is 674 g/mol. The van der Waals surface area contributed by atoms with E-state index >= 15 is 4.11 Å². The van der Waals surface area contributed by atoms with E-state index in [-0.39, 0.29) is 24.6 Å². The third-order valence-electron chi connectivity index (χ3n) is 9.62. The maximum atomic E-state index is 16.2. The molecular weight excluding hydrogens is 639 g/mol. The molecule has 0 bridgehead atoms. The number of aromatic amines is 1. The summed E-state index contributed by atoms with van der Waals surface area (Å²) in [6.07, 6.45) is 2.06. The summed E-state index contributed by atoms with van der Waals surface area (Å²) in [7, 11) is -3.36. The van der Waals surface area contributed by atoms with Crippen LogP contribution in [-0.4, -0.2) is 56.9 Å². The van der Waals surface area contributed by atoms with E-state index in [1.54, 1.807) is 47.1 Å². The molecule has 2 aromatic heterocycles. The summed E-state index contributed by atoms with van der Waals surface area (Å²) in [5.74, 6) is -0.724. The van der Waals surface area contributed by atoms with Crippen LogP contribution in [0.25, 0.3) is 16.6 Å². The van der Waals surface area contributed by atoms with Crippen molar-refractivity contribution in [1.29, 1.82) is 0 Å². The molecule has 47 heavy (non-hydrogen) atoms. The van der Waals surface area contributed by atoms with Gasteiger partial charge >= 0.3 is 0 Å². The molecule has 0 aliphatic carbocycles. The Labute approximate surface area is 276 Å². The fraction of sp³-hybridized carbons (Fsp3) is 0.353. The number of nitrogens with one attached hydrogen (secondary N) is 1. The number of ether oxygens (including phenoxy) is 1. The fourth-order valence-electron chi connectivity index (χ4n) is 7.60. The van der Waals surface area contributed by atoms with E-state index in [0.717, 1.165) is 11.1 Å². The van der Waals surface area contributed by atoms with Gasteiger partial charge in [0.05, 0.1) is 40.6 Å². The zero-order valence-electron chi connectivity index (χ0n) is 26.4. The molecule has 1 fully saturated rings. The minimum atomic E-state index is -3.36. The van der Waals surface area contributed by atoms with Gasteiger partial charge in [0.15, 0.2) is 5.60 Å². The van der Waals surface area contributed by atoms with Gasteiger partial charge in [0, 0.05) is 47.8 Å². The Hall–Kier alpha value is -4.10. The third kappa shape index (κ3) is 5.33. The number of aliphatic hydroxyl groups excluding tert-OH is 1. The van der Waals surface area contributed by atoms with Gasteiger partial charge in [-0.2, -0.15) is 0 Å². The first-order chi connectivity index (χ1) is 22.5. The number of anilines is 1. The van der Waals surface area contributed by atoms with Crippen LogP contribution in [0.5, 0.6) is 0 Å². The first kappa shape index (κ1) is 31.5. The van der Waals surface area contributed by atoms with E-state index < -0.39 is 31.6 Å². The number of nitrogens with zero attached hydrogens (tertiary/aromatic N) is 5. The van der Waals surface area contributed by atoms with Gasteiger partial charge in [-0.1, -0.05) is 48.0 Å². The first-order valence-corrected chi connectivity index (χ1v) is 19.1. The van der Waals surface area contributed by atoms with Crippen molar-refractivity contribution in [3.05, 3.63) is 105 Å². The normalized spacial score (nSPS) is 22.6. The SMILES string of the molecule is C[C@H]1[C@H]([Si](C)(C)F)[C@@H](CCn2cc(CCO)nn2)O[C@]12C(=O)N(Cc1cccc(-n3[nH]c4ccccc4c3=O)c1)c1ccc(Cl)cc12. The van der Waals surface area contributed by atoms with E-state index in [4.69, 9.17) is 16.3 Å². The highest BCUT2D eigenvalue weighted by Crippen LogP contribution is 2.60. The van der Waals surface area contributed by atoms with E-state index in [0.29, 0.717) is 52.4 Å². The minimum absolute atomic E-state index is 0.0272. The maximum absolute atomic E-state index is 16.2. The van der Waals surface area contributed by atoms with Gasteiger partial charge in [-0.3, -0.25) is 19.4 Å². The largest absolute Gasteiger partial charge is 0.396 e. The first-order valence-electron chi connectivity index (χ1n) is 15.8. The summed E-state index contributed by atoms with van der Waals surface area (Å²) in [6, 6.07) is 20.2.